The summed E-state index contributed by atoms with van der Waals surface area (Å²) in [7, 11) is 1.74. The summed E-state index contributed by atoms with van der Waals surface area (Å²) in [5, 5.41) is 12.6. The molecule has 14 heavy (non-hydrogen) atoms. The van der Waals surface area contributed by atoms with E-state index in [1.807, 2.05) is 0 Å². The monoisotopic (exact) mass is 217 g/mol. The largest absolute Gasteiger partial charge is 0.387 e. The molecule has 2 N–H and O–H groups in total. The van der Waals surface area contributed by atoms with Crippen molar-refractivity contribution in [2.45, 2.75) is 13.0 Å². The molecule has 0 spiro atoms. The number of likely N-dealkylation sites (N-methyl/N-ethyl adjacent to an activating group) is 1. The van der Waals surface area contributed by atoms with Crippen molar-refractivity contribution in [3.63, 3.8) is 0 Å². The van der Waals surface area contributed by atoms with Gasteiger partial charge in [-0.1, -0.05) is 17.7 Å². The van der Waals surface area contributed by atoms with Crippen molar-refractivity contribution in [2.75, 3.05) is 13.6 Å². The topological polar surface area (TPSA) is 32.3 Å². The second-order valence-corrected chi connectivity index (χ2v) is 3.53. The van der Waals surface area contributed by atoms with Crippen molar-refractivity contribution >= 4 is 11.6 Å². The normalized spacial score (nSPS) is 12.9. The lowest BCUT2D eigenvalue weighted by atomic mass is 10.0. The molecule has 0 aliphatic carbocycles. The highest BCUT2D eigenvalue weighted by Gasteiger charge is 2.13. The summed E-state index contributed by atoms with van der Waals surface area (Å²) < 4.78 is 13.0. The number of aliphatic hydroxyl groups is 1. The molecular weight excluding hydrogens is 205 g/mol. The molecular formula is C10H13ClFNO. The molecule has 0 aliphatic rings. The van der Waals surface area contributed by atoms with Crippen LogP contribution in [0.4, 0.5) is 4.39 Å². The van der Waals surface area contributed by atoms with E-state index in [1.54, 1.807) is 20.0 Å². The van der Waals surface area contributed by atoms with Gasteiger partial charge in [-0.3, -0.25) is 0 Å². The molecule has 0 heterocycles. The van der Waals surface area contributed by atoms with Crippen LogP contribution in [0.5, 0.6) is 0 Å². The fraction of sp³-hybridized carbons (Fsp3) is 0.400. The fourth-order valence-corrected chi connectivity index (χ4v) is 1.50. The van der Waals surface area contributed by atoms with Crippen LogP contribution in [0.2, 0.25) is 5.02 Å². The van der Waals surface area contributed by atoms with E-state index in [1.165, 1.54) is 6.07 Å². The Balaban J connectivity index is 3.04. The fourth-order valence-electron chi connectivity index (χ4n) is 1.33. The van der Waals surface area contributed by atoms with Crippen molar-refractivity contribution < 1.29 is 9.50 Å². The summed E-state index contributed by atoms with van der Waals surface area (Å²) in [5.41, 5.74) is 1.25. The van der Waals surface area contributed by atoms with Crippen LogP contribution in [0.25, 0.3) is 0 Å². The third kappa shape index (κ3) is 2.23. The Bertz CT molecular complexity index is 330. The van der Waals surface area contributed by atoms with Crippen LogP contribution < -0.4 is 5.32 Å². The average Bonchev–Trinajstić information content (AvgIpc) is 2.15. The smallest absolute Gasteiger partial charge is 0.142 e. The zero-order valence-electron chi connectivity index (χ0n) is 8.14. The predicted octanol–water partition coefficient (Wildman–Crippen LogP) is 2.04. The molecule has 2 nitrogen and oxygen atoms in total. The molecule has 1 aromatic rings. The van der Waals surface area contributed by atoms with Crippen LogP contribution >= 0.6 is 11.6 Å². The van der Waals surface area contributed by atoms with Crippen molar-refractivity contribution in [1.82, 2.24) is 5.32 Å². The Labute approximate surface area is 87.7 Å². The molecule has 1 aromatic carbocycles. The lowest BCUT2D eigenvalue weighted by Gasteiger charge is -2.14. The van der Waals surface area contributed by atoms with Gasteiger partial charge in [0.25, 0.3) is 0 Å². The van der Waals surface area contributed by atoms with Gasteiger partial charge in [0.15, 0.2) is 0 Å². The van der Waals surface area contributed by atoms with E-state index in [0.29, 0.717) is 17.7 Å². The minimum absolute atomic E-state index is 0.0812. The third-order valence-electron chi connectivity index (χ3n) is 2.14. The highest BCUT2D eigenvalue weighted by atomic mass is 35.5. The van der Waals surface area contributed by atoms with E-state index in [2.05, 4.69) is 5.32 Å². The van der Waals surface area contributed by atoms with Gasteiger partial charge in [-0.2, -0.15) is 0 Å². The molecule has 0 aromatic heterocycles. The van der Waals surface area contributed by atoms with Crippen molar-refractivity contribution in [2.24, 2.45) is 0 Å². The lowest BCUT2D eigenvalue weighted by molar-refractivity contribution is 0.177. The molecule has 1 unspecified atom stereocenters. The molecule has 0 saturated carbocycles. The number of hydrogen-bond acceptors (Lipinski definition) is 2. The second kappa shape index (κ2) is 4.73. The molecule has 0 bridgehead atoms. The molecule has 78 valence electrons. The van der Waals surface area contributed by atoms with Gasteiger partial charge < -0.3 is 10.4 Å². The third-order valence-corrected chi connectivity index (χ3v) is 2.60. The number of nitrogens with one attached hydrogen (secondary N) is 1. The Hall–Kier alpha value is -0.640. The standard InChI is InChI=1S/C10H13ClFNO/c1-6-7(9(14)5-13-2)3-4-8(12)10(6)11/h3-4,9,13-14H,5H2,1-2H3. The van der Waals surface area contributed by atoms with Crippen LogP contribution in [-0.4, -0.2) is 18.7 Å². The number of rotatable bonds is 3. The van der Waals surface area contributed by atoms with Crippen molar-refractivity contribution in [3.05, 3.63) is 34.1 Å². The van der Waals surface area contributed by atoms with Crippen LogP contribution in [0.3, 0.4) is 0 Å². The zero-order chi connectivity index (χ0) is 10.7. The summed E-state index contributed by atoms with van der Waals surface area (Å²) in [6, 6.07) is 2.82. The maximum atomic E-state index is 13.0. The summed E-state index contributed by atoms with van der Waals surface area (Å²) in [6.07, 6.45) is -0.655. The number of benzene rings is 1. The maximum absolute atomic E-state index is 13.0. The molecule has 4 heteroatoms. The lowest BCUT2D eigenvalue weighted by Crippen LogP contribution is -2.17. The highest BCUT2D eigenvalue weighted by Crippen LogP contribution is 2.26. The number of aliphatic hydroxyl groups excluding tert-OH is 1. The predicted molar refractivity (Wildman–Crippen MR) is 55.0 cm³/mol. The van der Waals surface area contributed by atoms with Gasteiger partial charge in [0.05, 0.1) is 11.1 Å². The molecule has 0 amide bonds. The first-order chi connectivity index (χ1) is 6.57. The molecule has 1 rings (SSSR count). The van der Waals surface area contributed by atoms with Crippen LogP contribution in [0.15, 0.2) is 12.1 Å². The van der Waals surface area contributed by atoms with Crippen LogP contribution in [0.1, 0.15) is 17.2 Å². The number of hydrogen-bond donors (Lipinski definition) is 2. The van der Waals surface area contributed by atoms with E-state index in [-0.39, 0.29) is 5.02 Å². The molecule has 0 fully saturated rings. The van der Waals surface area contributed by atoms with Gasteiger partial charge in [-0.15, -0.1) is 0 Å². The van der Waals surface area contributed by atoms with E-state index in [0.717, 1.165) is 0 Å². The molecule has 0 aliphatic heterocycles. The Morgan fingerprint density at radius 1 is 1.57 bits per heavy atom. The minimum atomic E-state index is -0.655. The maximum Gasteiger partial charge on any atom is 0.142 e. The summed E-state index contributed by atoms with van der Waals surface area (Å²) in [6.45, 7) is 2.11. The van der Waals surface area contributed by atoms with Crippen LogP contribution in [-0.2, 0) is 0 Å². The quantitative estimate of drug-likeness (QED) is 0.812. The minimum Gasteiger partial charge on any atom is -0.387 e. The Morgan fingerprint density at radius 2 is 2.21 bits per heavy atom. The summed E-state index contributed by atoms with van der Waals surface area (Å²) in [4.78, 5) is 0. The molecule has 0 radical (unpaired) electrons. The van der Waals surface area contributed by atoms with Gasteiger partial charge in [0.2, 0.25) is 0 Å². The highest BCUT2D eigenvalue weighted by molar-refractivity contribution is 6.31. The zero-order valence-corrected chi connectivity index (χ0v) is 8.90. The van der Waals surface area contributed by atoms with Crippen LogP contribution in [0, 0.1) is 12.7 Å². The first kappa shape index (κ1) is 11.4. The van der Waals surface area contributed by atoms with Gasteiger partial charge in [0.1, 0.15) is 5.82 Å². The van der Waals surface area contributed by atoms with E-state index >= 15 is 0 Å². The van der Waals surface area contributed by atoms with Crippen molar-refractivity contribution in [1.29, 1.82) is 0 Å². The average molecular weight is 218 g/mol. The Morgan fingerprint density at radius 3 is 2.79 bits per heavy atom. The molecule has 0 saturated heterocycles. The van der Waals surface area contributed by atoms with Gasteiger partial charge in [0, 0.05) is 6.54 Å². The second-order valence-electron chi connectivity index (χ2n) is 3.15. The summed E-state index contributed by atoms with van der Waals surface area (Å²) in [5.74, 6) is -0.454. The van der Waals surface area contributed by atoms with Crippen molar-refractivity contribution in [3.8, 4) is 0 Å². The first-order valence-corrected chi connectivity index (χ1v) is 4.73. The molecule has 1 atom stereocenters. The van der Waals surface area contributed by atoms with Gasteiger partial charge in [-0.05, 0) is 31.2 Å². The summed E-state index contributed by atoms with van der Waals surface area (Å²) >= 11 is 5.72. The van der Waals surface area contributed by atoms with Gasteiger partial charge in [-0.25, -0.2) is 4.39 Å². The number of halogens is 2. The van der Waals surface area contributed by atoms with E-state index in [9.17, 15) is 9.50 Å². The van der Waals surface area contributed by atoms with E-state index < -0.39 is 11.9 Å². The SMILES string of the molecule is CNCC(O)c1ccc(F)c(Cl)c1C. The Kier molecular flexibility index (Phi) is 3.86. The first-order valence-electron chi connectivity index (χ1n) is 4.35. The van der Waals surface area contributed by atoms with E-state index in [4.69, 9.17) is 11.6 Å². The van der Waals surface area contributed by atoms with Gasteiger partial charge >= 0.3 is 0 Å².